The van der Waals surface area contributed by atoms with Crippen LogP contribution in [0.2, 0.25) is 0 Å². The molecule has 1 aromatic heterocycles. The van der Waals surface area contributed by atoms with E-state index in [2.05, 4.69) is 10.3 Å². The Bertz CT molecular complexity index is 491. The van der Waals surface area contributed by atoms with Gasteiger partial charge in [0.2, 0.25) is 0 Å². The van der Waals surface area contributed by atoms with Crippen molar-refractivity contribution < 1.29 is 17.9 Å². The number of aromatic nitrogens is 1. The first-order valence-electron chi connectivity index (χ1n) is 7.15. The van der Waals surface area contributed by atoms with Crippen molar-refractivity contribution >= 4 is 5.82 Å². The number of ether oxygens (including phenoxy) is 1. The largest absolute Gasteiger partial charge is 0.416 e. The predicted molar refractivity (Wildman–Crippen MR) is 72.2 cm³/mol. The highest BCUT2D eigenvalue weighted by Gasteiger charge is 2.33. The van der Waals surface area contributed by atoms with Gasteiger partial charge in [-0.2, -0.15) is 13.2 Å². The fraction of sp³-hybridized carbons (Fsp3) is 0.643. The summed E-state index contributed by atoms with van der Waals surface area (Å²) in [5, 5.41) is 3.40. The third-order valence-electron chi connectivity index (χ3n) is 3.81. The van der Waals surface area contributed by atoms with E-state index < -0.39 is 11.7 Å². The molecule has 1 aromatic rings. The van der Waals surface area contributed by atoms with Crippen molar-refractivity contribution in [3.05, 3.63) is 23.9 Å². The van der Waals surface area contributed by atoms with Crippen LogP contribution in [0.4, 0.5) is 19.0 Å². The molecule has 2 fully saturated rings. The van der Waals surface area contributed by atoms with Crippen molar-refractivity contribution in [2.24, 2.45) is 0 Å². The number of halogens is 3. The Morgan fingerprint density at radius 1 is 1.38 bits per heavy atom. The monoisotopic (exact) mass is 301 g/mol. The number of pyridine rings is 1. The Hall–Kier alpha value is -1.34. The van der Waals surface area contributed by atoms with Gasteiger partial charge in [0.05, 0.1) is 24.8 Å². The average Bonchev–Trinajstić information content (AvgIpc) is 3.29. The molecule has 1 aliphatic carbocycles. The topological polar surface area (TPSA) is 37.4 Å². The summed E-state index contributed by atoms with van der Waals surface area (Å²) in [5.74, 6) is 0.371. The smallest absolute Gasteiger partial charge is 0.377 e. The molecule has 0 amide bonds. The highest BCUT2D eigenvalue weighted by atomic mass is 19.4. The highest BCUT2D eigenvalue weighted by molar-refractivity contribution is 5.43. The Morgan fingerprint density at radius 3 is 2.90 bits per heavy atom. The molecule has 2 heterocycles. The fourth-order valence-corrected chi connectivity index (χ4v) is 2.47. The number of rotatable bonds is 4. The number of hydrogen-bond donors (Lipinski definition) is 1. The summed E-state index contributed by atoms with van der Waals surface area (Å²) in [5.41, 5.74) is -0.659. The minimum absolute atomic E-state index is 0.0235. The van der Waals surface area contributed by atoms with E-state index in [1.807, 2.05) is 4.90 Å². The number of anilines is 1. The molecule has 21 heavy (non-hydrogen) atoms. The van der Waals surface area contributed by atoms with E-state index in [-0.39, 0.29) is 6.04 Å². The van der Waals surface area contributed by atoms with Crippen LogP contribution in [0.3, 0.4) is 0 Å². The second-order valence-electron chi connectivity index (χ2n) is 5.51. The lowest BCUT2D eigenvalue weighted by atomic mass is 10.2. The molecular weight excluding hydrogens is 283 g/mol. The number of alkyl halides is 3. The van der Waals surface area contributed by atoms with E-state index in [0.717, 1.165) is 12.1 Å². The Kier molecular flexibility index (Phi) is 4.03. The molecule has 0 spiro atoms. The molecule has 1 saturated heterocycles. The molecule has 1 saturated carbocycles. The van der Waals surface area contributed by atoms with Crippen LogP contribution in [0.15, 0.2) is 18.3 Å². The van der Waals surface area contributed by atoms with E-state index in [0.29, 0.717) is 38.2 Å². The first-order chi connectivity index (χ1) is 10.0. The van der Waals surface area contributed by atoms with Gasteiger partial charge in [-0.05, 0) is 25.0 Å². The van der Waals surface area contributed by atoms with E-state index in [1.54, 1.807) is 0 Å². The molecule has 4 nitrogen and oxygen atoms in total. The molecule has 0 aromatic carbocycles. The van der Waals surface area contributed by atoms with Crippen molar-refractivity contribution in [1.29, 1.82) is 0 Å². The highest BCUT2D eigenvalue weighted by Crippen LogP contribution is 2.31. The summed E-state index contributed by atoms with van der Waals surface area (Å²) in [7, 11) is 0. The van der Waals surface area contributed by atoms with Crippen LogP contribution in [0.5, 0.6) is 0 Å². The summed E-state index contributed by atoms with van der Waals surface area (Å²) in [6, 6.07) is 2.70. The third-order valence-corrected chi connectivity index (χ3v) is 3.81. The van der Waals surface area contributed by atoms with E-state index in [4.69, 9.17) is 4.74 Å². The second kappa shape index (κ2) is 5.81. The molecule has 3 rings (SSSR count). The van der Waals surface area contributed by atoms with Crippen LogP contribution in [-0.2, 0) is 10.9 Å². The third kappa shape index (κ3) is 3.65. The molecule has 1 atom stereocenters. The SMILES string of the molecule is FC(F)(F)c1ccnc(N2CCOCC2CNC2CC2)c1. The Morgan fingerprint density at radius 2 is 2.19 bits per heavy atom. The van der Waals surface area contributed by atoms with Gasteiger partial charge in [-0.1, -0.05) is 0 Å². The van der Waals surface area contributed by atoms with Gasteiger partial charge < -0.3 is 15.0 Å². The Balaban J connectivity index is 1.75. The van der Waals surface area contributed by atoms with Gasteiger partial charge in [-0.3, -0.25) is 0 Å². The van der Waals surface area contributed by atoms with Crippen LogP contribution in [0.1, 0.15) is 18.4 Å². The number of hydrogen-bond acceptors (Lipinski definition) is 4. The molecule has 7 heteroatoms. The summed E-state index contributed by atoms with van der Waals surface area (Å²) in [6.45, 7) is 2.30. The lowest BCUT2D eigenvalue weighted by molar-refractivity contribution is -0.137. The first-order valence-corrected chi connectivity index (χ1v) is 7.15. The van der Waals surface area contributed by atoms with Gasteiger partial charge in [-0.15, -0.1) is 0 Å². The van der Waals surface area contributed by atoms with Crippen LogP contribution in [-0.4, -0.2) is 43.4 Å². The maximum atomic E-state index is 12.8. The van der Waals surface area contributed by atoms with Crippen LogP contribution in [0, 0.1) is 0 Å². The van der Waals surface area contributed by atoms with Crippen molar-refractivity contribution in [3.63, 3.8) is 0 Å². The van der Waals surface area contributed by atoms with Crippen molar-refractivity contribution in [3.8, 4) is 0 Å². The quantitative estimate of drug-likeness (QED) is 0.924. The molecular formula is C14H18F3N3O. The lowest BCUT2D eigenvalue weighted by Gasteiger charge is -2.37. The summed E-state index contributed by atoms with van der Waals surface area (Å²) < 4.78 is 43.9. The lowest BCUT2D eigenvalue weighted by Crippen LogP contribution is -2.51. The molecule has 2 aliphatic rings. The fourth-order valence-electron chi connectivity index (χ4n) is 2.47. The van der Waals surface area contributed by atoms with Crippen LogP contribution < -0.4 is 10.2 Å². The average molecular weight is 301 g/mol. The number of nitrogens with zero attached hydrogens (tertiary/aromatic N) is 2. The van der Waals surface area contributed by atoms with E-state index in [1.165, 1.54) is 19.0 Å². The van der Waals surface area contributed by atoms with Crippen LogP contribution >= 0.6 is 0 Å². The van der Waals surface area contributed by atoms with Gasteiger partial charge in [0.25, 0.3) is 0 Å². The van der Waals surface area contributed by atoms with Gasteiger partial charge in [-0.25, -0.2) is 4.98 Å². The zero-order valence-electron chi connectivity index (χ0n) is 11.6. The molecule has 0 bridgehead atoms. The molecule has 1 N–H and O–H groups in total. The summed E-state index contributed by atoms with van der Waals surface area (Å²) >= 11 is 0. The minimum Gasteiger partial charge on any atom is -0.377 e. The van der Waals surface area contributed by atoms with E-state index in [9.17, 15) is 13.2 Å². The minimum atomic E-state index is -4.34. The molecule has 0 radical (unpaired) electrons. The second-order valence-corrected chi connectivity index (χ2v) is 5.51. The molecule has 116 valence electrons. The van der Waals surface area contributed by atoms with Gasteiger partial charge in [0.1, 0.15) is 5.82 Å². The summed E-state index contributed by atoms with van der Waals surface area (Å²) in [6.07, 6.45) is -0.768. The van der Waals surface area contributed by atoms with Crippen molar-refractivity contribution in [2.75, 3.05) is 31.2 Å². The van der Waals surface area contributed by atoms with Crippen molar-refractivity contribution in [1.82, 2.24) is 10.3 Å². The normalized spacial score (nSPS) is 23.4. The standard InChI is InChI=1S/C14H18F3N3O/c15-14(16,17)10-3-4-18-13(7-10)20-5-6-21-9-12(20)8-19-11-1-2-11/h3-4,7,11-12,19H,1-2,5-6,8-9H2. The van der Waals surface area contributed by atoms with Gasteiger partial charge in [0, 0.05) is 25.3 Å². The zero-order chi connectivity index (χ0) is 14.9. The zero-order valence-corrected chi connectivity index (χ0v) is 11.6. The Labute approximate surface area is 121 Å². The van der Waals surface area contributed by atoms with Crippen molar-refractivity contribution in [2.45, 2.75) is 31.1 Å². The number of morpholine rings is 1. The number of nitrogens with one attached hydrogen (secondary N) is 1. The van der Waals surface area contributed by atoms with E-state index >= 15 is 0 Å². The molecule has 1 unspecified atom stereocenters. The molecule has 1 aliphatic heterocycles. The predicted octanol–water partition coefficient (Wildman–Crippen LogP) is 2.06. The van der Waals surface area contributed by atoms with Gasteiger partial charge >= 0.3 is 6.18 Å². The van der Waals surface area contributed by atoms with Gasteiger partial charge in [0.15, 0.2) is 0 Å². The summed E-state index contributed by atoms with van der Waals surface area (Å²) in [4.78, 5) is 6.02. The maximum absolute atomic E-state index is 12.8. The first kappa shape index (κ1) is 14.6. The van der Waals surface area contributed by atoms with Crippen LogP contribution in [0.25, 0.3) is 0 Å². The maximum Gasteiger partial charge on any atom is 0.416 e.